The van der Waals surface area contributed by atoms with Crippen LogP contribution in [0.25, 0.3) is 0 Å². The van der Waals surface area contributed by atoms with Crippen LogP contribution < -0.4 is 20.1 Å². The fourth-order valence-electron chi connectivity index (χ4n) is 2.89. The van der Waals surface area contributed by atoms with E-state index in [0.29, 0.717) is 24.8 Å². The van der Waals surface area contributed by atoms with E-state index >= 15 is 0 Å². The van der Waals surface area contributed by atoms with Gasteiger partial charge in [-0.1, -0.05) is 25.1 Å². The van der Waals surface area contributed by atoms with Gasteiger partial charge in [0.25, 0.3) is 0 Å². The van der Waals surface area contributed by atoms with Crippen LogP contribution >= 0.6 is 0 Å². The topological polar surface area (TPSA) is 91.8 Å². The molecule has 0 spiro atoms. The molecule has 0 radical (unpaired) electrons. The SMILES string of the molecule is CCC(CNC(=NC)NCc1ccc(S(=O)(=O)NC2CC2)cc1)Oc1cccc(F)c1. The average Bonchev–Trinajstić information content (AvgIpc) is 3.56. The molecular weight excluding hydrogens is 419 g/mol. The van der Waals surface area contributed by atoms with E-state index in [1.165, 1.54) is 12.1 Å². The summed E-state index contributed by atoms with van der Waals surface area (Å²) >= 11 is 0. The molecule has 168 valence electrons. The number of ether oxygens (including phenoxy) is 1. The van der Waals surface area contributed by atoms with Crippen LogP contribution in [-0.4, -0.2) is 40.1 Å². The fraction of sp³-hybridized carbons (Fsp3) is 0.409. The minimum atomic E-state index is -3.44. The fourth-order valence-corrected chi connectivity index (χ4v) is 4.20. The molecule has 0 amide bonds. The minimum absolute atomic E-state index is 0.0811. The number of sulfonamides is 1. The lowest BCUT2D eigenvalue weighted by Gasteiger charge is -2.20. The molecule has 0 heterocycles. The summed E-state index contributed by atoms with van der Waals surface area (Å²) in [5.41, 5.74) is 0.927. The summed E-state index contributed by atoms with van der Waals surface area (Å²) in [6.45, 7) is 2.98. The maximum Gasteiger partial charge on any atom is 0.240 e. The van der Waals surface area contributed by atoms with Crippen molar-refractivity contribution in [2.24, 2.45) is 4.99 Å². The van der Waals surface area contributed by atoms with Crippen LogP contribution in [0.4, 0.5) is 4.39 Å². The van der Waals surface area contributed by atoms with Gasteiger partial charge >= 0.3 is 0 Å². The van der Waals surface area contributed by atoms with Gasteiger partial charge in [-0.15, -0.1) is 0 Å². The Hall–Kier alpha value is -2.65. The van der Waals surface area contributed by atoms with E-state index in [9.17, 15) is 12.8 Å². The summed E-state index contributed by atoms with van der Waals surface area (Å²) < 4.78 is 46.3. The van der Waals surface area contributed by atoms with Gasteiger partial charge in [0.05, 0.1) is 11.4 Å². The second kappa shape index (κ2) is 10.6. The van der Waals surface area contributed by atoms with Crippen molar-refractivity contribution >= 4 is 16.0 Å². The minimum Gasteiger partial charge on any atom is -0.489 e. The quantitative estimate of drug-likeness (QED) is 0.384. The summed E-state index contributed by atoms with van der Waals surface area (Å²) in [6.07, 6.45) is 2.40. The number of halogens is 1. The molecule has 2 aromatic carbocycles. The van der Waals surface area contributed by atoms with Crippen LogP contribution in [0, 0.1) is 5.82 Å². The summed E-state index contributed by atoms with van der Waals surface area (Å²) in [7, 11) is -1.77. The van der Waals surface area contributed by atoms with Crippen molar-refractivity contribution in [3.8, 4) is 5.75 Å². The normalized spacial score (nSPS) is 15.4. The Bertz CT molecular complexity index is 992. The Morgan fingerprint density at radius 3 is 2.55 bits per heavy atom. The van der Waals surface area contributed by atoms with Crippen molar-refractivity contribution in [2.75, 3.05) is 13.6 Å². The van der Waals surface area contributed by atoms with E-state index in [2.05, 4.69) is 20.3 Å². The van der Waals surface area contributed by atoms with Gasteiger partial charge in [0.15, 0.2) is 5.96 Å². The number of nitrogens with one attached hydrogen (secondary N) is 3. The van der Waals surface area contributed by atoms with Gasteiger partial charge in [-0.25, -0.2) is 17.5 Å². The lowest BCUT2D eigenvalue weighted by molar-refractivity contribution is 0.199. The van der Waals surface area contributed by atoms with Gasteiger partial charge in [-0.2, -0.15) is 0 Å². The van der Waals surface area contributed by atoms with Crippen LogP contribution in [0.1, 0.15) is 31.7 Å². The lowest BCUT2D eigenvalue weighted by atomic mass is 10.2. The number of nitrogens with zero attached hydrogens (tertiary/aromatic N) is 1. The van der Waals surface area contributed by atoms with Gasteiger partial charge in [-0.05, 0) is 49.1 Å². The molecule has 0 bridgehead atoms. The molecule has 0 aromatic heterocycles. The predicted molar refractivity (Wildman–Crippen MR) is 119 cm³/mol. The first-order valence-corrected chi connectivity index (χ1v) is 11.9. The summed E-state index contributed by atoms with van der Waals surface area (Å²) in [5, 5.41) is 6.40. The van der Waals surface area contributed by atoms with Crippen LogP contribution in [0.5, 0.6) is 5.75 Å². The second-order valence-corrected chi connectivity index (χ2v) is 9.17. The molecule has 1 saturated carbocycles. The van der Waals surface area contributed by atoms with Gasteiger partial charge < -0.3 is 15.4 Å². The van der Waals surface area contributed by atoms with Crippen LogP contribution in [-0.2, 0) is 16.6 Å². The zero-order valence-corrected chi connectivity index (χ0v) is 18.6. The van der Waals surface area contributed by atoms with Gasteiger partial charge in [-0.3, -0.25) is 4.99 Å². The van der Waals surface area contributed by atoms with Crippen molar-refractivity contribution in [3.63, 3.8) is 0 Å². The Labute approximate surface area is 183 Å². The summed E-state index contributed by atoms with van der Waals surface area (Å²) in [4.78, 5) is 4.47. The highest BCUT2D eigenvalue weighted by molar-refractivity contribution is 7.89. The average molecular weight is 449 g/mol. The van der Waals surface area contributed by atoms with E-state index in [-0.39, 0.29) is 22.9 Å². The summed E-state index contributed by atoms with van der Waals surface area (Å²) in [6, 6.07) is 12.9. The molecule has 1 aliphatic rings. The molecular formula is C22H29FN4O3S. The molecule has 31 heavy (non-hydrogen) atoms. The molecule has 7 nitrogen and oxygen atoms in total. The van der Waals surface area contributed by atoms with Crippen molar-refractivity contribution in [1.29, 1.82) is 0 Å². The third-order valence-electron chi connectivity index (χ3n) is 4.87. The largest absolute Gasteiger partial charge is 0.489 e. The number of hydrogen-bond donors (Lipinski definition) is 3. The number of benzene rings is 2. The molecule has 1 fully saturated rings. The Kier molecular flexibility index (Phi) is 7.86. The maximum absolute atomic E-state index is 13.3. The predicted octanol–water partition coefficient (Wildman–Crippen LogP) is 2.79. The monoisotopic (exact) mass is 448 g/mol. The van der Waals surface area contributed by atoms with Crippen molar-refractivity contribution < 1.29 is 17.5 Å². The Morgan fingerprint density at radius 1 is 1.19 bits per heavy atom. The Morgan fingerprint density at radius 2 is 1.94 bits per heavy atom. The smallest absolute Gasteiger partial charge is 0.240 e. The van der Waals surface area contributed by atoms with Crippen LogP contribution in [0.15, 0.2) is 58.4 Å². The van der Waals surface area contributed by atoms with E-state index in [1.807, 2.05) is 6.92 Å². The first-order chi connectivity index (χ1) is 14.9. The van der Waals surface area contributed by atoms with E-state index in [0.717, 1.165) is 24.8 Å². The molecule has 0 saturated heterocycles. The van der Waals surface area contributed by atoms with Crippen LogP contribution in [0.3, 0.4) is 0 Å². The first kappa shape index (κ1) is 23.0. The molecule has 1 unspecified atom stereocenters. The van der Waals surface area contributed by atoms with Crippen molar-refractivity contribution in [2.45, 2.75) is 49.8 Å². The highest BCUT2D eigenvalue weighted by atomic mass is 32.2. The number of guanidine groups is 1. The lowest BCUT2D eigenvalue weighted by Crippen LogP contribution is -2.42. The molecule has 3 rings (SSSR count). The zero-order chi connectivity index (χ0) is 22.3. The van der Waals surface area contributed by atoms with Crippen molar-refractivity contribution in [1.82, 2.24) is 15.4 Å². The highest BCUT2D eigenvalue weighted by Gasteiger charge is 2.27. The Balaban J connectivity index is 1.48. The third-order valence-corrected chi connectivity index (χ3v) is 6.40. The molecule has 1 atom stereocenters. The van der Waals surface area contributed by atoms with Gasteiger partial charge in [0, 0.05) is 25.7 Å². The zero-order valence-electron chi connectivity index (χ0n) is 17.8. The van der Waals surface area contributed by atoms with Gasteiger partial charge in [0.1, 0.15) is 17.7 Å². The maximum atomic E-state index is 13.3. The van der Waals surface area contributed by atoms with E-state index in [1.54, 1.807) is 43.4 Å². The summed E-state index contributed by atoms with van der Waals surface area (Å²) in [5.74, 6) is 0.746. The third kappa shape index (κ3) is 7.22. The second-order valence-electron chi connectivity index (χ2n) is 7.45. The number of aliphatic imine (C=N–C) groups is 1. The number of rotatable bonds is 10. The van der Waals surface area contributed by atoms with Crippen LogP contribution in [0.2, 0.25) is 0 Å². The molecule has 9 heteroatoms. The van der Waals surface area contributed by atoms with E-state index < -0.39 is 10.0 Å². The first-order valence-electron chi connectivity index (χ1n) is 10.4. The van der Waals surface area contributed by atoms with Crippen molar-refractivity contribution in [3.05, 3.63) is 59.9 Å². The molecule has 0 aliphatic heterocycles. The molecule has 3 N–H and O–H groups in total. The standard InChI is InChI=1S/C22H29FN4O3S/c1-3-19(30-20-6-4-5-17(23)13-20)15-26-22(24-2)25-14-16-7-11-21(12-8-16)31(28,29)27-18-9-10-18/h4-8,11-13,18-19,27H,3,9-10,14-15H2,1-2H3,(H2,24,25,26). The van der Waals surface area contributed by atoms with Gasteiger partial charge in [0.2, 0.25) is 10.0 Å². The molecule has 2 aromatic rings. The highest BCUT2D eigenvalue weighted by Crippen LogP contribution is 2.22. The number of hydrogen-bond acceptors (Lipinski definition) is 4. The van der Waals surface area contributed by atoms with E-state index in [4.69, 9.17) is 4.74 Å². The molecule has 1 aliphatic carbocycles.